The molecule has 0 aliphatic rings. The lowest BCUT2D eigenvalue weighted by Crippen LogP contribution is -2.55. The van der Waals surface area contributed by atoms with Crippen LogP contribution in [-0.4, -0.2) is 74.1 Å². The maximum Gasteiger partial charge on any atom is 0.326 e. The zero-order valence-corrected chi connectivity index (χ0v) is 15.5. The number of hydrogen-bond donors (Lipinski definition) is 6. The fraction of sp³-hybridized carbons (Fsp3) is 0.533. The molecule has 27 heavy (non-hydrogen) atoms. The molecule has 0 fully saturated rings. The van der Waals surface area contributed by atoms with Crippen LogP contribution in [0.4, 0.5) is 0 Å². The molecule has 0 spiro atoms. The van der Waals surface area contributed by atoms with Crippen molar-refractivity contribution >= 4 is 35.5 Å². The monoisotopic (exact) mass is 401 g/mol. The molecule has 0 aliphatic heterocycles. The Kier molecular flexibility index (Phi) is 9.30. The number of hydrogen-bond acceptors (Lipinski definition) is 7. The summed E-state index contributed by atoms with van der Waals surface area (Å²) >= 11 is 1.52. The SMILES string of the molecule is CSCC[C@H](N)C(=O)N[C@@H](Cc1cnc[nH]1)C(=O)N[C@@H](CC(=O)O)C(=O)O. The first-order valence-electron chi connectivity index (χ1n) is 8.01. The van der Waals surface area contributed by atoms with Crippen molar-refractivity contribution in [1.82, 2.24) is 20.6 Å². The van der Waals surface area contributed by atoms with E-state index in [1.54, 1.807) is 0 Å². The van der Waals surface area contributed by atoms with Crippen LogP contribution in [0.1, 0.15) is 18.5 Å². The lowest BCUT2D eigenvalue weighted by atomic mass is 10.1. The van der Waals surface area contributed by atoms with Gasteiger partial charge in [0.1, 0.15) is 12.1 Å². The van der Waals surface area contributed by atoms with Crippen LogP contribution in [0.2, 0.25) is 0 Å². The topological polar surface area (TPSA) is 187 Å². The Labute approximate surface area is 159 Å². The first-order chi connectivity index (χ1) is 12.7. The van der Waals surface area contributed by atoms with Gasteiger partial charge in [0.15, 0.2) is 0 Å². The molecule has 7 N–H and O–H groups in total. The number of carboxylic acid groups (broad SMARTS) is 2. The number of thioether (sulfide) groups is 1. The fourth-order valence-electron chi connectivity index (χ4n) is 2.13. The van der Waals surface area contributed by atoms with Gasteiger partial charge in [0, 0.05) is 18.3 Å². The standard InChI is InChI=1S/C15H23N5O6S/c1-27-3-2-9(16)13(23)19-10(4-8-6-17-7-18-8)14(24)20-11(15(25)26)5-12(21)22/h6-7,9-11H,2-5,16H2,1H3,(H,17,18)(H,19,23)(H,20,24)(H,21,22)(H,25,26)/t9-,10-,11-/m0/s1. The molecule has 150 valence electrons. The summed E-state index contributed by atoms with van der Waals surface area (Å²) in [4.78, 5) is 53.2. The van der Waals surface area contributed by atoms with Crippen LogP contribution in [-0.2, 0) is 25.6 Å². The molecule has 0 aromatic carbocycles. The zero-order valence-electron chi connectivity index (χ0n) is 14.7. The van der Waals surface area contributed by atoms with Crippen LogP contribution in [0, 0.1) is 0 Å². The number of amides is 2. The number of H-pyrrole nitrogens is 1. The minimum atomic E-state index is -1.62. The fourth-order valence-corrected chi connectivity index (χ4v) is 2.62. The molecule has 0 aliphatic carbocycles. The number of nitrogens with one attached hydrogen (secondary N) is 3. The summed E-state index contributed by atoms with van der Waals surface area (Å²) in [6, 6.07) is -3.60. The van der Waals surface area contributed by atoms with E-state index in [1.165, 1.54) is 24.3 Å². The van der Waals surface area contributed by atoms with Gasteiger partial charge in [0.2, 0.25) is 11.8 Å². The molecule has 0 unspecified atom stereocenters. The van der Waals surface area contributed by atoms with Crippen LogP contribution in [0.25, 0.3) is 0 Å². The average Bonchev–Trinajstić information content (AvgIpc) is 3.10. The number of nitrogens with zero attached hydrogens (tertiary/aromatic N) is 1. The molecule has 1 rings (SSSR count). The van der Waals surface area contributed by atoms with Crippen molar-refractivity contribution in [2.75, 3.05) is 12.0 Å². The van der Waals surface area contributed by atoms with E-state index in [4.69, 9.17) is 15.9 Å². The second-order valence-electron chi connectivity index (χ2n) is 5.73. The minimum absolute atomic E-state index is 0.00618. The second kappa shape index (κ2) is 11.2. The molecular weight excluding hydrogens is 378 g/mol. The van der Waals surface area contributed by atoms with E-state index in [0.717, 1.165) is 0 Å². The van der Waals surface area contributed by atoms with Crippen molar-refractivity contribution in [1.29, 1.82) is 0 Å². The summed E-state index contributed by atoms with van der Waals surface area (Å²) in [6.07, 6.45) is 4.33. The zero-order chi connectivity index (χ0) is 20.4. The normalized spacial score (nSPS) is 14.0. The van der Waals surface area contributed by atoms with Gasteiger partial charge in [-0.2, -0.15) is 11.8 Å². The van der Waals surface area contributed by atoms with Gasteiger partial charge >= 0.3 is 11.9 Å². The number of imidazole rings is 1. The maximum atomic E-state index is 12.5. The molecule has 12 heteroatoms. The molecule has 2 amide bonds. The Bertz CT molecular complexity index is 653. The van der Waals surface area contributed by atoms with Crippen molar-refractivity contribution in [3.05, 3.63) is 18.2 Å². The number of carbonyl (C=O) groups excluding carboxylic acids is 2. The van der Waals surface area contributed by atoms with E-state index in [0.29, 0.717) is 17.9 Å². The predicted octanol–water partition coefficient (Wildman–Crippen LogP) is -1.44. The summed E-state index contributed by atoms with van der Waals surface area (Å²) in [5.74, 6) is -3.60. The highest BCUT2D eigenvalue weighted by atomic mass is 32.2. The summed E-state index contributed by atoms with van der Waals surface area (Å²) in [7, 11) is 0. The Morgan fingerprint density at radius 1 is 1.22 bits per heavy atom. The van der Waals surface area contributed by atoms with Gasteiger partial charge in [0.25, 0.3) is 0 Å². The third-order valence-electron chi connectivity index (χ3n) is 3.57. The quantitative estimate of drug-likeness (QED) is 0.244. The van der Waals surface area contributed by atoms with Crippen molar-refractivity contribution in [3.8, 4) is 0 Å². The molecule has 1 heterocycles. The highest BCUT2D eigenvalue weighted by Gasteiger charge is 2.29. The second-order valence-corrected chi connectivity index (χ2v) is 6.71. The number of carbonyl (C=O) groups is 4. The number of aromatic amines is 1. The first-order valence-corrected chi connectivity index (χ1v) is 9.41. The van der Waals surface area contributed by atoms with E-state index >= 15 is 0 Å². The van der Waals surface area contributed by atoms with Gasteiger partial charge in [-0.25, -0.2) is 9.78 Å². The van der Waals surface area contributed by atoms with Gasteiger partial charge in [-0.1, -0.05) is 0 Å². The number of aromatic nitrogens is 2. The summed E-state index contributed by atoms with van der Waals surface area (Å²) in [5, 5.41) is 22.5. The first kappa shape index (κ1) is 22.4. The lowest BCUT2D eigenvalue weighted by Gasteiger charge is -2.22. The van der Waals surface area contributed by atoms with E-state index < -0.39 is 48.3 Å². The van der Waals surface area contributed by atoms with Crippen LogP contribution in [0.5, 0.6) is 0 Å². The Morgan fingerprint density at radius 2 is 1.89 bits per heavy atom. The smallest absolute Gasteiger partial charge is 0.326 e. The van der Waals surface area contributed by atoms with Crippen LogP contribution < -0.4 is 16.4 Å². The number of nitrogens with two attached hydrogens (primary N) is 1. The van der Waals surface area contributed by atoms with Crippen molar-refractivity contribution in [2.24, 2.45) is 5.73 Å². The largest absolute Gasteiger partial charge is 0.481 e. The Hall–Kier alpha value is -2.60. The van der Waals surface area contributed by atoms with E-state index in [1.807, 2.05) is 6.26 Å². The van der Waals surface area contributed by atoms with Crippen molar-refractivity contribution in [3.63, 3.8) is 0 Å². The number of carboxylic acids is 2. The molecule has 1 aromatic rings. The van der Waals surface area contributed by atoms with Crippen LogP contribution in [0.3, 0.4) is 0 Å². The van der Waals surface area contributed by atoms with E-state index in [9.17, 15) is 19.2 Å². The van der Waals surface area contributed by atoms with E-state index in [-0.39, 0.29) is 6.42 Å². The van der Waals surface area contributed by atoms with Crippen molar-refractivity contribution < 1.29 is 29.4 Å². The van der Waals surface area contributed by atoms with Gasteiger partial charge in [0.05, 0.1) is 18.8 Å². The Balaban J connectivity index is 2.86. The molecule has 0 saturated heterocycles. The molecule has 1 aromatic heterocycles. The molecule has 0 bridgehead atoms. The summed E-state index contributed by atoms with van der Waals surface area (Å²) in [5.41, 5.74) is 6.32. The van der Waals surface area contributed by atoms with Gasteiger partial charge in [-0.05, 0) is 18.4 Å². The molecular formula is C15H23N5O6S. The van der Waals surface area contributed by atoms with Crippen LogP contribution >= 0.6 is 11.8 Å². The van der Waals surface area contributed by atoms with E-state index in [2.05, 4.69) is 20.6 Å². The summed E-state index contributed by atoms with van der Waals surface area (Å²) in [6.45, 7) is 0. The number of aliphatic carboxylic acids is 2. The average molecular weight is 401 g/mol. The highest BCUT2D eigenvalue weighted by molar-refractivity contribution is 7.98. The van der Waals surface area contributed by atoms with Gasteiger partial charge < -0.3 is 31.6 Å². The molecule has 3 atom stereocenters. The highest BCUT2D eigenvalue weighted by Crippen LogP contribution is 2.04. The third kappa shape index (κ3) is 8.09. The maximum absolute atomic E-state index is 12.5. The van der Waals surface area contributed by atoms with Crippen LogP contribution in [0.15, 0.2) is 12.5 Å². The molecule has 0 radical (unpaired) electrons. The van der Waals surface area contributed by atoms with Crippen molar-refractivity contribution in [2.45, 2.75) is 37.4 Å². The van der Waals surface area contributed by atoms with Gasteiger partial charge in [-0.15, -0.1) is 0 Å². The predicted molar refractivity (Wildman–Crippen MR) is 97.0 cm³/mol. The van der Waals surface area contributed by atoms with Gasteiger partial charge in [-0.3, -0.25) is 14.4 Å². The Morgan fingerprint density at radius 3 is 2.41 bits per heavy atom. The third-order valence-corrected chi connectivity index (χ3v) is 4.22. The minimum Gasteiger partial charge on any atom is -0.481 e. The molecule has 0 saturated carbocycles. The number of rotatable bonds is 12. The lowest BCUT2D eigenvalue weighted by molar-refractivity contribution is -0.147. The molecule has 11 nitrogen and oxygen atoms in total. The summed E-state index contributed by atoms with van der Waals surface area (Å²) < 4.78 is 0.